The first kappa shape index (κ1) is 13.5. The number of hydrogen-bond acceptors (Lipinski definition) is 5. The summed E-state index contributed by atoms with van der Waals surface area (Å²) in [4.78, 5) is 18.9. The van der Waals surface area contributed by atoms with Crippen LogP contribution in [0, 0.1) is 0 Å². The van der Waals surface area contributed by atoms with Crippen LogP contribution in [0.5, 0.6) is 0 Å². The number of carboxylic acid groups (broad SMARTS) is 1. The van der Waals surface area contributed by atoms with Crippen LogP contribution < -0.4 is 5.32 Å². The van der Waals surface area contributed by atoms with E-state index in [1.165, 1.54) is 16.7 Å². The number of aromatic nitrogens is 2. The minimum absolute atomic E-state index is 0.0182. The van der Waals surface area contributed by atoms with Crippen molar-refractivity contribution in [1.29, 1.82) is 0 Å². The van der Waals surface area contributed by atoms with Crippen molar-refractivity contribution in [3.8, 4) is 10.6 Å². The smallest absolute Gasteiger partial charge is 0.355 e. The van der Waals surface area contributed by atoms with Gasteiger partial charge in [-0.15, -0.1) is 17.9 Å². The summed E-state index contributed by atoms with van der Waals surface area (Å²) >= 11 is 7.09. The lowest BCUT2D eigenvalue weighted by atomic mass is 10.2. The third-order valence-corrected chi connectivity index (χ3v) is 3.34. The molecule has 2 heterocycles. The number of aromatic carboxylic acids is 1. The number of nitrogens with one attached hydrogen (secondary N) is 1. The Morgan fingerprint density at radius 3 is 3.05 bits per heavy atom. The van der Waals surface area contributed by atoms with E-state index in [4.69, 9.17) is 16.7 Å². The van der Waals surface area contributed by atoms with Gasteiger partial charge in [-0.1, -0.05) is 17.7 Å². The van der Waals surface area contributed by atoms with Gasteiger partial charge in [-0.05, 0) is 6.07 Å². The highest BCUT2D eigenvalue weighted by Crippen LogP contribution is 2.31. The Labute approximate surface area is 118 Å². The van der Waals surface area contributed by atoms with Crippen LogP contribution >= 0.6 is 22.9 Å². The standard InChI is InChI=1S/C12H10ClN3O2S/c1-2-3-14-8-4-10(13)15-5-7(8)11-16-9(6-19-11)12(17)18/h2,4-6H,1,3H2,(H,14,15)(H,17,18). The molecule has 5 nitrogen and oxygen atoms in total. The van der Waals surface area contributed by atoms with E-state index in [-0.39, 0.29) is 5.69 Å². The average molecular weight is 296 g/mol. The molecular formula is C12H10ClN3O2S. The van der Waals surface area contributed by atoms with Gasteiger partial charge in [0.2, 0.25) is 0 Å². The summed E-state index contributed by atoms with van der Waals surface area (Å²) in [6, 6.07) is 1.67. The molecule has 0 saturated carbocycles. The maximum atomic E-state index is 10.8. The van der Waals surface area contributed by atoms with Crippen LogP contribution in [-0.2, 0) is 0 Å². The molecule has 2 rings (SSSR count). The SMILES string of the molecule is C=CCNc1cc(Cl)ncc1-c1nc(C(=O)O)cs1. The molecule has 0 atom stereocenters. The number of carboxylic acids is 1. The van der Waals surface area contributed by atoms with Crippen molar-refractivity contribution in [3.05, 3.63) is 41.1 Å². The van der Waals surface area contributed by atoms with Crippen LogP contribution in [0.25, 0.3) is 10.6 Å². The lowest BCUT2D eigenvalue weighted by Crippen LogP contribution is -2.01. The van der Waals surface area contributed by atoms with E-state index in [1.807, 2.05) is 0 Å². The maximum absolute atomic E-state index is 10.8. The Kier molecular flexibility index (Phi) is 4.13. The fraction of sp³-hybridized carbons (Fsp3) is 0.0833. The average Bonchev–Trinajstić information content (AvgIpc) is 2.86. The first-order valence-electron chi connectivity index (χ1n) is 5.31. The molecule has 2 aromatic rings. The first-order chi connectivity index (χ1) is 9.11. The van der Waals surface area contributed by atoms with E-state index in [0.29, 0.717) is 22.3 Å². The van der Waals surface area contributed by atoms with Crippen molar-refractivity contribution in [2.45, 2.75) is 0 Å². The fourth-order valence-corrected chi connectivity index (χ4v) is 2.40. The second-order valence-electron chi connectivity index (χ2n) is 3.57. The Morgan fingerprint density at radius 2 is 2.42 bits per heavy atom. The number of pyridine rings is 1. The van der Waals surface area contributed by atoms with Crippen molar-refractivity contribution < 1.29 is 9.90 Å². The Bertz CT molecular complexity index is 627. The van der Waals surface area contributed by atoms with Crippen molar-refractivity contribution in [2.24, 2.45) is 0 Å². The number of nitrogens with zero attached hydrogens (tertiary/aromatic N) is 2. The van der Waals surface area contributed by atoms with Gasteiger partial charge in [0, 0.05) is 23.8 Å². The predicted molar refractivity (Wildman–Crippen MR) is 76.0 cm³/mol. The van der Waals surface area contributed by atoms with Crippen LogP contribution in [0.4, 0.5) is 5.69 Å². The zero-order valence-corrected chi connectivity index (χ0v) is 11.3. The lowest BCUT2D eigenvalue weighted by molar-refractivity contribution is 0.0691. The Balaban J connectivity index is 2.41. The minimum atomic E-state index is -1.05. The van der Waals surface area contributed by atoms with Gasteiger partial charge in [-0.3, -0.25) is 0 Å². The van der Waals surface area contributed by atoms with Crippen molar-refractivity contribution >= 4 is 34.6 Å². The minimum Gasteiger partial charge on any atom is -0.476 e. The highest BCUT2D eigenvalue weighted by atomic mass is 35.5. The van der Waals surface area contributed by atoms with Gasteiger partial charge in [0.15, 0.2) is 5.69 Å². The number of halogens is 1. The number of anilines is 1. The molecule has 0 bridgehead atoms. The summed E-state index contributed by atoms with van der Waals surface area (Å²) in [5, 5.41) is 14.4. The molecule has 98 valence electrons. The van der Waals surface area contributed by atoms with Crippen LogP contribution in [-0.4, -0.2) is 27.6 Å². The molecule has 0 fully saturated rings. The Morgan fingerprint density at radius 1 is 1.63 bits per heavy atom. The van der Waals surface area contributed by atoms with Crippen molar-refractivity contribution in [1.82, 2.24) is 9.97 Å². The summed E-state index contributed by atoms with van der Waals surface area (Å²) in [7, 11) is 0. The number of hydrogen-bond donors (Lipinski definition) is 2. The zero-order chi connectivity index (χ0) is 13.8. The number of rotatable bonds is 5. The molecule has 19 heavy (non-hydrogen) atoms. The molecule has 0 radical (unpaired) electrons. The molecule has 0 aliphatic heterocycles. The molecule has 0 aliphatic carbocycles. The van der Waals surface area contributed by atoms with Gasteiger partial charge in [0.25, 0.3) is 0 Å². The topological polar surface area (TPSA) is 75.1 Å². The number of carbonyl (C=O) groups is 1. The fourth-order valence-electron chi connectivity index (χ4n) is 1.42. The predicted octanol–water partition coefficient (Wildman–Crippen LogP) is 3.15. The molecule has 0 unspecified atom stereocenters. The summed E-state index contributed by atoms with van der Waals surface area (Å²) in [5.41, 5.74) is 1.47. The summed E-state index contributed by atoms with van der Waals surface area (Å²) in [6.45, 7) is 4.19. The normalized spacial score (nSPS) is 10.2. The van der Waals surface area contributed by atoms with Crippen LogP contribution in [0.15, 0.2) is 30.3 Å². The quantitative estimate of drug-likeness (QED) is 0.654. The third kappa shape index (κ3) is 3.10. The molecular weight excluding hydrogens is 286 g/mol. The van der Waals surface area contributed by atoms with Crippen molar-refractivity contribution in [3.63, 3.8) is 0 Å². The molecule has 0 spiro atoms. The van der Waals surface area contributed by atoms with E-state index in [1.54, 1.807) is 18.3 Å². The lowest BCUT2D eigenvalue weighted by Gasteiger charge is -2.08. The van der Waals surface area contributed by atoms with E-state index in [0.717, 1.165) is 5.69 Å². The molecule has 7 heteroatoms. The zero-order valence-electron chi connectivity index (χ0n) is 9.76. The summed E-state index contributed by atoms with van der Waals surface area (Å²) in [6.07, 6.45) is 3.28. The van der Waals surface area contributed by atoms with E-state index < -0.39 is 5.97 Å². The molecule has 0 amide bonds. The summed E-state index contributed by atoms with van der Waals surface area (Å²) < 4.78 is 0. The van der Waals surface area contributed by atoms with Crippen LogP contribution in [0.3, 0.4) is 0 Å². The van der Waals surface area contributed by atoms with Crippen LogP contribution in [0.2, 0.25) is 5.15 Å². The van der Waals surface area contributed by atoms with E-state index >= 15 is 0 Å². The van der Waals surface area contributed by atoms with Gasteiger partial charge in [0.05, 0.1) is 5.56 Å². The molecule has 0 aliphatic rings. The number of thiazole rings is 1. The highest BCUT2D eigenvalue weighted by molar-refractivity contribution is 7.13. The van der Waals surface area contributed by atoms with Gasteiger partial charge in [-0.25, -0.2) is 14.8 Å². The van der Waals surface area contributed by atoms with Gasteiger partial charge < -0.3 is 10.4 Å². The summed E-state index contributed by atoms with van der Waals surface area (Å²) in [5.74, 6) is -1.05. The van der Waals surface area contributed by atoms with Gasteiger partial charge in [-0.2, -0.15) is 0 Å². The molecule has 0 saturated heterocycles. The second-order valence-corrected chi connectivity index (χ2v) is 4.81. The van der Waals surface area contributed by atoms with Gasteiger partial charge in [0.1, 0.15) is 10.2 Å². The van der Waals surface area contributed by atoms with Crippen LogP contribution in [0.1, 0.15) is 10.5 Å². The maximum Gasteiger partial charge on any atom is 0.355 e. The van der Waals surface area contributed by atoms with Crippen molar-refractivity contribution in [2.75, 3.05) is 11.9 Å². The second kappa shape index (κ2) is 5.81. The van der Waals surface area contributed by atoms with E-state index in [9.17, 15) is 4.79 Å². The van der Waals surface area contributed by atoms with Gasteiger partial charge >= 0.3 is 5.97 Å². The molecule has 0 aromatic carbocycles. The third-order valence-electron chi connectivity index (χ3n) is 2.26. The van der Waals surface area contributed by atoms with E-state index in [2.05, 4.69) is 21.9 Å². The largest absolute Gasteiger partial charge is 0.476 e. The Hall–Kier alpha value is -1.92. The monoisotopic (exact) mass is 295 g/mol. The molecule has 2 N–H and O–H groups in total. The highest BCUT2D eigenvalue weighted by Gasteiger charge is 2.13. The first-order valence-corrected chi connectivity index (χ1v) is 6.57. The molecule has 2 aromatic heterocycles.